The van der Waals surface area contributed by atoms with Crippen LogP contribution in [0.2, 0.25) is 0 Å². The molecular weight excluding hydrogens is 282 g/mol. The number of thioether (sulfide) groups is 2. The summed E-state index contributed by atoms with van der Waals surface area (Å²) in [5.41, 5.74) is 0. The van der Waals surface area contributed by atoms with Crippen LogP contribution in [0.5, 0.6) is 0 Å². The maximum Gasteiger partial charge on any atom is 0.127 e. The third-order valence-electron chi connectivity index (χ3n) is 2.04. The summed E-state index contributed by atoms with van der Waals surface area (Å²) in [6, 6.07) is 0. The second-order valence-corrected chi connectivity index (χ2v) is 7.68. The van der Waals surface area contributed by atoms with Crippen molar-refractivity contribution in [3.8, 4) is 11.2 Å². The molecule has 0 aromatic carbocycles. The molecule has 0 fully saturated rings. The summed E-state index contributed by atoms with van der Waals surface area (Å²) in [6.07, 6.45) is 0. The van der Waals surface area contributed by atoms with Crippen molar-refractivity contribution >= 4 is 35.1 Å². The Morgan fingerprint density at radius 2 is 1.67 bits per heavy atom. The summed E-state index contributed by atoms with van der Waals surface area (Å²) < 4.78 is 0. The van der Waals surface area contributed by atoms with E-state index in [1.165, 1.54) is 0 Å². The van der Waals surface area contributed by atoms with Crippen molar-refractivity contribution in [3.05, 3.63) is 10.1 Å². The minimum absolute atomic E-state index is 0.489. The summed E-state index contributed by atoms with van der Waals surface area (Å²) in [5.74, 6) is 3.21. The normalized spacial score (nSPS) is 12.3. The lowest BCUT2D eigenvalue weighted by atomic mass is 10.5. The molecular formula is C14H24ClNS2. The Balaban J connectivity index is 5.04. The van der Waals surface area contributed by atoms with Crippen molar-refractivity contribution in [2.24, 2.45) is 0 Å². The average Bonchev–Trinajstić information content (AvgIpc) is 2.28. The minimum Gasteiger partial charge on any atom is -0.361 e. The first-order valence-electron chi connectivity index (χ1n) is 6.40. The van der Waals surface area contributed by atoms with E-state index in [1.807, 2.05) is 0 Å². The second-order valence-electron chi connectivity index (χ2n) is 4.35. The average molecular weight is 306 g/mol. The SMILES string of the molecule is CCN(CC)C(Cl)=C(C#CSC(C)C)SC(C)C. The van der Waals surface area contributed by atoms with Gasteiger partial charge in [0.15, 0.2) is 0 Å². The van der Waals surface area contributed by atoms with E-state index in [0.29, 0.717) is 10.5 Å². The Morgan fingerprint density at radius 1 is 1.11 bits per heavy atom. The van der Waals surface area contributed by atoms with Gasteiger partial charge < -0.3 is 4.90 Å². The first-order chi connectivity index (χ1) is 8.42. The van der Waals surface area contributed by atoms with Gasteiger partial charge in [-0.25, -0.2) is 0 Å². The predicted octanol–water partition coefficient (Wildman–Crippen LogP) is 4.98. The van der Waals surface area contributed by atoms with Crippen LogP contribution in [0, 0.1) is 11.2 Å². The van der Waals surface area contributed by atoms with Gasteiger partial charge in [-0.05, 0) is 25.0 Å². The molecule has 0 unspecified atom stereocenters. The largest absolute Gasteiger partial charge is 0.361 e. The molecule has 0 aliphatic heterocycles. The standard InChI is InChI=1S/C14H24ClNS2/c1-7-16(8-2)14(15)13(18-12(5)6)9-10-17-11(3)4/h11-12H,7-8H2,1-6H3. The molecule has 18 heavy (non-hydrogen) atoms. The maximum absolute atomic E-state index is 6.45. The minimum atomic E-state index is 0.489. The van der Waals surface area contributed by atoms with Crippen LogP contribution in [0.3, 0.4) is 0 Å². The highest BCUT2D eigenvalue weighted by molar-refractivity contribution is 8.05. The van der Waals surface area contributed by atoms with Crippen molar-refractivity contribution in [1.82, 2.24) is 4.90 Å². The van der Waals surface area contributed by atoms with Gasteiger partial charge in [0, 0.05) is 23.6 Å². The molecule has 0 aliphatic carbocycles. The van der Waals surface area contributed by atoms with E-state index in [9.17, 15) is 0 Å². The van der Waals surface area contributed by atoms with Crippen LogP contribution in [-0.2, 0) is 0 Å². The maximum atomic E-state index is 6.45. The van der Waals surface area contributed by atoms with Gasteiger partial charge in [0.1, 0.15) is 5.16 Å². The molecule has 0 aromatic rings. The smallest absolute Gasteiger partial charge is 0.127 e. The van der Waals surface area contributed by atoms with Crippen LogP contribution in [0.1, 0.15) is 41.5 Å². The molecule has 0 aliphatic rings. The summed E-state index contributed by atoms with van der Waals surface area (Å²) in [4.78, 5) is 3.13. The van der Waals surface area contributed by atoms with Crippen molar-refractivity contribution in [2.45, 2.75) is 52.0 Å². The second kappa shape index (κ2) is 9.95. The molecule has 104 valence electrons. The number of hydrogen-bond donors (Lipinski definition) is 0. The molecule has 0 heterocycles. The van der Waals surface area contributed by atoms with Gasteiger partial charge >= 0.3 is 0 Å². The Labute approximate surface area is 126 Å². The molecule has 0 N–H and O–H groups in total. The predicted molar refractivity (Wildman–Crippen MR) is 89.0 cm³/mol. The number of nitrogens with zero attached hydrogens (tertiary/aromatic N) is 1. The molecule has 0 aromatic heterocycles. The van der Waals surface area contributed by atoms with Crippen molar-refractivity contribution in [2.75, 3.05) is 13.1 Å². The van der Waals surface area contributed by atoms with Gasteiger partial charge in [-0.15, -0.1) is 11.8 Å². The molecule has 0 atom stereocenters. The van der Waals surface area contributed by atoms with Gasteiger partial charge in [0.25, 0.3) is 0 Å². The van der Waals surface area contributed by atoms with Gasteiger partial charge in [0.2, 0.25) is 0 Å². The lowest BCUT2D eigenvalue weighted by Gasteiger charge is -2.21. The zero-order chi connectivity index (χ0) is 14.1. The Bertz CT molecular complexity index is 322. The monoisotopic (exact) mass is 305 g/mol. The molecule has 0 saturated carbocycles. The Hall–Kier alpha value is 0.0900. The summed E-state index contributed by atoms with van der Waals surface area (Å²) in [7, 11) is 0. The highest BCUT2D eigenvalue weighted by atomic mass is 35.5. The summed E-state index contributed by atoms with van der Waals surface area (Å²) in [5, 5.41) is 4.95. The van der Waals surface area contributed by atoms with Crippen molar-refractivity contribution < 1.29 is 0 Å². The lowest BCUT2D eigenvalue weighted by molar-refractivity contribution is 0.406. The summed E-state index contributed by atoms with van der Waals surface area (Å²) in [6.45, 7) is 14.7. The van der Waals surface area contributed by atoms with Crippen LogP contribution in [0.4, 0.5) is 0 Å². The fourth-order valence-electron chi connectivity index (χ4n) is 1.20. The van der Waals surface area contributed by atoms with E-state index in [1.54, 1.807) is 23.5 Å². The van der Waals surface area contributed by atoms with E-state index in [-0.39, 0.29) is 0 Å². The van der Waals surface area contributed by atoms with Crippen LogP contribution < -0.4 is 0 Å². The van der Waals surface area contributed by atoms with E-state index in [2.05, 4.69) is 57.6 Å². The molecule has 0 spiro atoms. The topological polar surface area (TPSA) is 3.24 Å². The van der Waals surface area contributed by atoms with Gasteiger partial charge in [0.05, 0.1) is 4.91 Å². The van der Waals surface area contributed by atoms with Crippen molar-refractivity contribution in [1.29, 1.82) is 0 Å². The number of allylic oxidation sites excluding steroid dienone is 1. The van der Waals surface area contributed by atoms with Crippen molar-refractivity contribution in [3.63, 3.8) is 0 Å². The quantitative estimate of drug-likeness (QED) is 0.503. The first kappa shape index (κ1) is 18.1. The zero-order valence-corrected chi connectivity index (χ0v) is 14.6. The fourth-order valence-corrected chi connectivity index (χ4v) is 2.89. The van der Waals surface area contributed by atoms with Crippen LogP contribution in [0.15, 0.2) is 10.1 Å². The van der Waals surface area contributed by atoms with Crippen LogP contribution in [0.25, 0.3) is 0 Å². The molecule has 4 heteroatoms. The van der Waals surface area contributed by atoms with Gasteiger partial charge in [-0.2, -0.15) is 0 Å². The Morgan fingerprint density at radius 3 is 2.06 bits per heavy atom. The Kier molecular flexibility index (Phi) is 10.00. The van der Waals surface area contributed by atoms with Crippen LogP contribution >= 0.6 is 35.1 Å². The number of hydrogen-bond acceptors (Lipinski definition) is 3. The van der Waals surface area contributed by atoms with E-state index in [0.717, 1.165) is 23.2 Å². The molecule has 0 bridgehead atoms. The first-order valence-corrected chi connectivity index (χ1v) is 8.54. The zero-order valence-electron chi connectivity index (χ0n) is 12.2. The van der Waals surface area contributed by atoms with E-state index in [4.69, 9.17) is 11.6 Å². The van der Waals surface area contributed by atoms with Crippen LogP contribution in [-0.4, -0.2) is 28.5 Å². The molecule has 0 amide bonds. The number of halogens is 1. The highest BCUT2D eigenvalue weighted by Crippen LogP contribution is 2.28. The van der Waals surface area contributed by atoms with Gasteiger partial charge in [-0.3, -0.25) is 0 Å². The third kappa shape index (κ3) is 7.51. The van der Waals surface area contributed by atoms with Gasteiger partial charge in [-0.1, -0.05) is 51.1 Å². The lowest BCUT2D eigenvalue weighted by Crippen LogP contribution is -2.20. The fraction of sp³-hybridized carbons (Fsp3) is 0.714. The summed E-state index contributed by atoms with van der Waals surface area (Å²) >= 11 is 9.83. The molecule has 0 saturated heterocycles. The van der Waals surface area contributed by atoms with E-state index >= 15 is 0 Å². The molecule has 0 radical (unpaired) electrons. The molecule has 1 nitrogen and oxygen atoms in total. The third-order valence-corrected chi connectivity index (χ3v) is 4.28. The molecule has 0 rings (SSSR count). The number of rotatable bonds is 6. The van der Waals surface area contributed by atoms with E-state index < -0.39 is 0 Å². The highest BCUT2D eigenvalue weighted by Gasteiger charge is 2.11.